The standard InChI is InChI=1S/C15H9IN2S2/c16-10-4-1-3-9(7-10)15-13(11-5-2-6-19-11)14(18)12(8-17)20-15/h1-7H,18H2. The molecule has 3 rings (SSSR count). The molecule has 5 heteroatoms. The van der Waals surface area contributed by atoms with Crippen molar-refractivity contribution in [3.8, 4) is 27.0 Å². The molecule has 0 saturated carbocycles. The van der Waals surface area contributed by atoms with Crippen molar-refractivity contribution in [2.24, 2.45) is 0 Å². The molecule has 0 bridgehead atoms. The fourth-order valence-corrected chi connectivity index (χ4v) is 4.45. The van der Waals surface area contributed by atoms with Gasteiger partial charge in [0.05, 0.1) is 5.69 Å². The minimum atomic E-state index is 0.585. The highest BCUT2D eigenvalue weighted by molar-refractivity contribution is 14.1. The molecule has 2 nitrogen and oxygen atoms in total. The van der Waals surface area contributed by atoms with Crippen LogP contribution in [0.3, 0.4) is 0 Å². The van der Waals surface area contributed by atoms with Crippen LogP contribution < -0.4 is 5.73 Å². The lowest BCUT2D eigenvalue weighted by atomic mass is 10.1. The summed E-state index contributed by atoms with van der Waals surface area (Å²) < 4.78 is 1.17. The zero-order valence-electron chi connectivity index (χ0n) is 10.3. The number of nitrogen functional groups attached to an aromatic ring is 1. The van der Waals surface area contributed by atoms with Crippen LogP contribution in [0.1, 0.15) is 4.88 Å². The SMILES string of the molecule is N#Cc1sc(-c2cccc(I)c2)c(-c2cccs2)c1N. The summed E-state index contributed by atoms with van der Waals surface area (Å²) in [6.07, 6.45) is 0. The number of anilines is 1. The Morgan fingerprint density at radius 1 is 1.20 bits per heavy atom. The van der Waals surface area contributed by atoms with Crippen LogP contribution in [0.2, 0.25) is 0 Å². The first kappa shape index (κ1) is 13.6. The van der Waals surface area contributed by atoms with E-state index in [9.17, 15) is 5.26 Å². The van der Waals surface area contributed by atoms with Crippen molar-refractivity contribution in [3.63, 3.8) is 0 Å². The van der Waals surface area contributed by atoms with Gasteiger partial charge in [-0.3, -0.25) is 0 Å². The van der Waals surface area contributed by atoms with E-state index in [0.717, 1.165) is 20.9 Å². The summed E-state index contributed by atoms with van der Waals surface area (Å²) in [5.74, 6) is 0. The number of rotatable bonds is 2. The summed E-state index contributed by atoms with van der Waals surface area (Å²) in [5.41, 5.74) is 8.86. The van der Waals surface area contributed by atoms with E-state index in [4.69, 9.17) is 5.73 Å². The third kappa shape index (κ3) is 2.35. The average Bonchev–Trinajstić information content (AvgIpc) is 3.05. The van der Waals surface area contributed by atoms with E-state index in [1.165, 1.54) is 14.9 Å². The minimum Gasteiger partial charge on any atom is -0.396 e. The monoisotopic (exact) mass is 408 g/mol. The molecule has 0 aliphatic carbocycles. The largest absolute Gasteiger partial charge is 0.396 e. The quantitative estimate of drug-likeness (QED) is 0.593. The van der Waals surface area contributed by atoms with Gasteiger partial charge in [0.25, 0.3) is 0 Å². The molecule has 3 aromatic rings. The molecule has 0 saturated heterocycles. The predicted octanol–water partition coefficient (Wildman–Crippen LogP) is 5.20. The fourth-order valence-electron chi connectivity index (χ4n) is 2.03. The number of nitrogens with zero attached hydrogens (tertiary/aromatic N) is 1. The van der Waals surface area contributed by atoms with Gasteiger partial charge in [0, 0.05) is 18.9 Å². The highest BCUT2D eigenvalue weighted by Crippen LogP contribution is 2.46. The number of benzene rings is 1. The lowest BCUT2D eigenvalue weighted by Gasteiger charge is -2.04. The van der Waals surface area contributed by atoms with Crippen LogP contribution in [0.15, 0.2) is 41.8 Å². The smallest absolute Gasteiger partial charge is 0.129 e. The Hall–Kier alpha value is -1.36. The average molecular weight is 408 g/mol. The van der Waals surface area contributed by atoms with E-state index < -0.39 is 0 Å². The van der Waals surface area contributed by atoms with Gasteiger partial charge in [-0.25, -0.2) is 0 Å². The zero-order chi connectivity index (χ0) is 14.1. The maximum Gasteiger partial charge on any atom is 0.129 e. The third-order valence-corrected chi connectivity index (χ3v) is 5.62. The summed E-state index contributed by atoms with van der Waals surface area (Å²) in [5, 5.41) is 11.3. The molecule has 0 aliphatic rings. The first-order chi connectivity index (χ1) is 9.70. The van der Waals surface area contributed by atoms with Gasteiger partial charge in [0.1, 0.15) is 10.9 Å². The molecule has 2 heterocycles. The predicted molar refractivity (Wildman–Crippen MR) is 94.9 cm³/mol. The molecule has 1 aromatic carbocycles. The highest BCUT2D eigenvalue weighted by atomic mass is 127. The van der Waals surface area contributed by atoms with E-state index in [0.29, 0.717) is 10.6 Å². The zero-order valence-corrected chi connectivity index (χ0v) is 14.1. The molecule has 0 amide bonds. The Morgan fingerprint density at radius 3 is 2.70 bits per heavy atom. The van der Waals surface area contributed by atoms with E-state index in [2.05, 4.69) is 46.9 Å². The summed E-state index contributed by atoms with van der Waals surface area (Å²) >= 11 is 5.40. The second kappa shape index (κ2) is 5.56. The summed E-state index contributed by atoms with van der Waals surface area (Å²) in [6, 6.07) is 14.5. The molecule has 0 radical (unpaired) electrons. The molecule has 0 spiro atoms. The topological polar surface area (TPSA) is 49.8 Å². The molecule has 2 N–H and O–H groups in total. The van der Waals surface area contributed by atoms with Gasteiger partial charge < -0.3 is 5.73 Å². The van der Waals surface area contributed by atoms with Crippen LogP contribution in [0, 0.1) is 14.9 Å². The number of hydrogen-bond donors (Lipinski definition) is 1. The van der Waals surface area contributed by atoms with Crippen LogP contribution >= 0.6 is 45.3 Å². The van der Waals surface area contributed by atoms with Crippen LogP contribution in [0.4, 0.5) is 5.69 Å². The van der Waals surface area contributed by atoms with Crippen molar-refractivity contribution in [3.05, 3.63) is 50.2 Å². The summed E-state index contributed by atoms with van der Waals surface area (Å²) in [6.45, 7) is 0. The van der Waals surface area contributed by atoms with Crippen molar-refractivity contribution in [1.82, 2.24) is 0 Å². The van der Waals surface area contributed by atoms with Gasteiger partial charge in [-0.15, -0.1) is 22.7 Å². The first-order valence-corrected chi connectivity index (χ1v) is 8.60. The van der Waals surface area contributed by atoms with Crippen molar-refractivity contribution < 1.29 is 0 Å². The summed E-state index contributed by atoms with van der Waals surface area (Å²) in [7, 11) is 0. The van der Waals surface area contributed by atoms with Crippen molar-refractivity contribution in [1.29, 1.82) is 5.26 Å². The molecule has 98 valence electrons. The van der Waals surface area contributed by atoms with Crippen LogP contribution in [-0.2, 0) is 0 Å². The molecule has 0 fully saturated rings. The first-order valence-electron chi connectivity index (χ1n) is 5.83. The fraction of sp³-hybridized carbons (Fsp3) is 0. The number of thiophene rings is 2. The summed E-state index contributed by atoms with van der Waals surface area (Å²) in [4.78, 5) is 2.76. The number of hydrogen-bond acceptors (Lipinski definition) is 4. The second-order valence-corrected chi connectivity index (χ2v) is 7.36. The van der Waals surface area contributed by atoms with Gasteiger partial charge in [-0.1, -0.05) is 18.2 Å². The van der Waals surface area contributed by atoms with Crippen LogP contribution in [0.25, 0.3) is 20.9 Å². The maximum atomic E-state index is 9.24. The van der Waals surface area contributed by atoms with E-state index in [1.807, 2.05) is 23.6 Å². The highest BCUT2D eigenvalue weighted by Gasteiger charge is 2.19. The Kier molecular flexibility index (Phi) is 3.78. The van der Waals surface area contributed by atoms with Gasteiger partial charge in [0.2, 0.25) is 0 Å². The number of nitriles is 1. The number of nitrogens with two attached hydrogens (primary N) is 1. The lowest BCUT2D eigenvalue weighted by Crippen LogP contribution is -1.87. The van der Waals surface area contributed by atoms with Crippen LogP contribution in [-0.4, -0.2) is 0 Å². The van der Waals surface area contributed by atoms with Gasteiger partial charge >= 0.3 is 0 Å². The normalized spacial score (nSPS) is 10.4. The van der Waals surface area contributed by atoms with Gasteiger partial charge in [-0.2, -0.15) is 5.26 Å². The Balaban J connectivity index is 2.28. The maximum absolute atomic E-state index is 9.24. The van der Waals surface area contributed by atoms with Crippen LogP contribution in [0.5, 0.6) is 0 Å². The molecule has 0 atom stereocenters. The minimum absolute atomic E-state index is 0.585. The number of halogens is 1. The van der Waals surface area contributed by atoms with E-state index in [-0.39, 0.29) is 0 Å². The van der Waals surface area contributed by atoms with E-state index >= 15 is 0 Å². The van der Waals surface area contributed by atoms with Gasteiger partial charge in [0.15, 0.2) is 0 Å². The molecule has 2 aromatic heterocycles. The Labute approximate surface area is 138 Å². The van der Waals surface area contributed by atoms with Gasteiger partial charge in [-0.05, 0) is 51.7 Å². The third-order valence-electron chi connectivity index (χ3n) is 2.90. The molecular weight excluding hydrogens is 399 g/mol. The molecule has 0 unspecified atom stereocenters. The molecule has 0 aliphatic heterocycles. The van der Waals surface area contributed by atoms with Crippen molar-refractivity contribution >= 4 is 51.0 Å². The van der Waals surface area contributed by atoms with E-state index in [1.54, 1.807) is 11.3 Å². The molecular formula is C15H9IN2S2. The molecule has 20 heavy (non-hydrogen) atoms. The van der Waals surface area contributed by atoms with Crippen molar-refractivity contribution in [2.75, 3.05) is 5.73 Å². The van der Waals surface area contributed by atoms with Crippen molar-refractivity contribution in [2.45, 2.75) is 0 Å². The second-order valence-electron chi connectivity index (χ2n) is 4.15. The Morgan fingerprint density at radius 2 is 2.05 bits per heavy atom. The Bertz CT molecular complexity index is 798. The lowest BCUT2D eigenvalue weighted by molar-refractivity contribution is 1.52.